The number of ether oxygens (including phenoxy) is 1. The highest BCUT2D eigenvalue weighted by Gasteiger charge is 2.27. The van der Waals surface area contributed by atoms with Gasteiger partial charge < -0.3 is 19.5 Å². The number of alkyl halides is 3. The van der Waals surface area contributed by atoms with Crippen LogP contribution in [0.2, 0.25) is 0 Å². The van der Waals surface area contributed by atoms with Gasteiger partial charge in [0, 0.05) is 19.2 Å². The largest absolute Gasteiger partial charge is 0.489 e. The molecule has 186 valence electrons. The quantitative estimate of drug-likeness (QED) is 0.483. The normalized spacial score (nSPS) is 11.3. The molecule has 0 spiro atoms. The van der Waals surface area contributed by atoms with Crippen LogP contribution in [0.1, 0.15) is 38.5 Å². The van der Waals surface area contributed by atoms with E-state index in [4.69, 9.17) is 9.26 Å². The number of rotatable bonds is 9. The Hall–Kier alpha value is -3.82. The maximum atomic E-state index is 12.6. The Balaban J connectivity index is 1.48. The third kappa shape index (κ3) is 7.59. The summed E-state index contributed by atoms with van der Waals surface area (Å²) < 4.78 is 47.6. The van der Waals surface area contributed by atoms with Gasteiger partial charge in [0.25, 0.3) is 5.91 Å². The van der Waals surface area contributed by atoms with Crippen molar-refractivity contribution in [2.24, 2.45) is 0 Å². The van der Waals surface area contributed by atoms with Gasteiger partial charge in [0.1, 0.15) is 24.7 Å². The summed E-state index contributed by atoms with van der Waals surface area (Å²) in [5, 5.41) is 5.72. The van der Waals surface area contributed by atoms with Crippen molar-refractivity contribution >= 4 is 11.8 Å². The van der Waals surface area contributed by atoms with Crippen LogP contribution in [0.3, 0.4) is 0 Å². The first kappa shape index (κ1) is 25.8. The van der Waals surface area contributed by atoms with Gasteiger partial charge in [0.05, 0.1) is 17.7 Å². The molecule has 0 atom stereocenters. The van der Waals surface area contributed by atoms with Crippen molar-refractivity contribution in [2.75, 3.05) is 13.6 Å². The van der Waals surface area contributed by atoms with E-state index in [1.54, 1.807) is 36.2 Å². The first-order valence-electron chi connectivity index (χ1n) is 10.8. The monoisotopic (exact) mass is 489 g/mol. The molecule has 0 aliphatic rings. The molecule has 0 aliphatic carbocycles. The number of likely N-dealkylation sites (N-methyl/N-ethyl adjacent to an activating group) is 1. The lowest BCUT2D eigenvalue weighted by Crippen LogP contribution is -2.33. The number of halogens is 3. The Morgan fingerprint density at radius 2 is 1.66 bits per heavy atom. The van der Waals surface area contributed by atoms with Crippen molar-refractivity contribution in [3.63, 3.8) is 0 Å². The number of aromatic nitrogens is 1. The highest BCUT2D eigenvalue weighted by molar-refractivity contribution is 5.94. The van der Waals surface area contributed by atoms with Crippen LogP contribution in [-0.4, -0.2) is 41.6 Å². The van der Waals surface area contributed by atoms with E-state index in [1.807, 2.05) is 31.3 Å². The molecule has 1 heterocycles. The van der Waals surface area contributed by atoms with E-state index in [0.717, 1.165) is 22.4 Å². The fourth-order valence-corrected chi connectivity index (χ4v) is 3.28. The molecule has 0 saturated carbocycles. The number of hydrogen-bond donors (Lipinski definition) is 1. The molecule has 10 heteroatoms. The standard InChI is InChI=1S/C25H26F3N3O4/c1-16-22(17(2)35-30-16)14-34-21-10-6-18(7-11-21)12-23(32)31(3)13-19-4-8-20(9-5-19)24(33)29-15-25(26,27)28/h4-11H,12-15H2,1-3H3,(H,29,33). The number of nitrogens with one attached hydrogen (secondary N) is 1. The number of aryl methyl sites for hydroxylation is 2. The van der Waals surface area contributed by atoms with Crippen LogP contribution in [0.4, 0.5) is 13.2 Å². The van der Waals surface area contributed by atoms with Gasteiger partial charge in [-0.15, -0.1) is 0 Å². The molecule has 0 radical (unpaired) electrons. The SMILES string of the molecule is Cc1noc(C)c1COc1ccc(CC(=O)N(C)Cc2ccc(C(=O)NCC(F)(F)F)cc2)cc1. The van der Waals surface area contributed by atoms with Crippen molar-refractivity contribution in [1.82, 2.24) is 15.4 Å². The highest BCUT2D eigenvalue weighted by Crippen LogP contribution is 2.19. The van der Waals surface area contributed by atoms with E-state index in [9.17, 15) is 22.8 Å². The third-order valence-electron chi connectivity index (χ3n) is 5.35. The summed E-state index contributed by atoms with van der Waals surface area (Å²) in [6, 6.07) is 13.3. The van der Waals surface area contributed by atoms with Crippen LogP contribution in [0, 0.1) is 13.8 Å². The van der Waals surface area contributed by atoms with E-state index in [-0.39, 0.29) is 17.9 Å². The van der Waals surface area contributed by atoms with Crippen molar-refractivity contribution in [3.05, 3.63) is 82.2 Å². The second-order valence-electron chi connectivity index (χ2n) is 8.16. The molecule has 0 bridgehead atoms. The summed E-state index contributed by atoms with van der Waals surface area (Å²) in [4.78, 5) is 26.0. The zero-order valence-electron chi connectivity index (χ0n) is 19.6. The Morgan fingerprint density at radius 3 is 2.23 bits per heavy atom. The second-order valence-corrected chi connectivity index (χ2v) is 8.16. The number of nitrogens with zero attached hydrogens (tertiary/aromatic N) is 2. The minimum Gasteiger partial charge on any atom is -0.489 e. The second kappa shape index (κ2) is 11.1. The number of amides is 2. The lowest BCUT2D eigenvalue weighted by atomic mass is 10.1. The summed E-state index contributed by atoms with van der Waals surface area (Å²) >= 11 is 0. The van der Waals surface area contributed by atoms with Gasteiger partial charge in [-0.2, -0.15) is 13.2 Å². The van der Waals surface area contributed by atoms with E-state index >= 15 is 0 Å². The van der Waals surface area contributed by atoms with Gasteiger partial charge in [-0.3, -0.25) is 9.59 Å². The fourth-order valence-electron chi connectivity index (χ4n) is 3.28. The van der Waals surface area contributed by atoms with Crippen molar-refractivity contribution in [1.29, 1.82) is 0 Å². The number of hydrogen-bond acceptors (Lipinski definition) is 5. The molecule has 3 rings (SSSR count). The molecular formula is C25H26F3N3O4. The molecule has 7 nitrogen and oxygen atoms in total. The fraction of sp³-hybridized carbons (Fsp3) is 0.320. The minimum absolute atomic E-state index is 0.110. The molecule has 2 amide bonds. The van der Waals surface area contributed by atoms with Gasteiger partial charge in [0.15, 0.2) is 0 Å². The lowest BCUT2D eigenvalue weighted by Gasteiger charge is -2.18. The summed E-state index contributed by atoms with van der Waals surface area (Å²) in [7, 11) is 1.66. The molecule has 2 aromatic carbocycles. The van der Waals surface area contributed by atoms with Crippen LogP contribution >= 0.6 is 0 Å². The Labute approximate surface area is 200 Å². The van der Waals surface area contributed by atoms with E-state index in [0.29, 0.717) is 24.7 Å². The Morgan fingerprint density at radius 1 is 1.03 bits per heavy atom. The smallest absolute Gasteiger partial charge is 0.405 e. The molecule has 3 aromatic rings. The Bertz CT molecular complexity index is 1140. The average molecular weight is 489 g/mol. The van der Waals surface area contributed by atoms with Gasteiger partial charge in [-0.25, -0.2) is 0 Å². The van der Waals surface area contributed by atoms with Gasteiger partial charge in [-0.05, 0) is 49.2 Å². The topological polar surface area (TPSA) is 84.7 Å². The maximum Gasteiger partial charge on any atom is 0.405 e. The molecule has 0 unspecified atom stereocenters. The lowest BCUT2D eigenvalue weighted by molar-refractivity contribution is -0.129. The molecular weight excluding hydrogens is 463 g/mol. The van der Waals surface area contributed by atoms with E-state index in [1.165, 1.54) is 12.1 Å². The first-order chi connectivity index (χ1) is 16.5. The van der Waals surface area contributed by atoms with Gasteiger partial charge >= 0.3 is 6.18 Å². The number of benzene rings is 2. The van der Waals surface area contributed by atoms with Crippen LogP contribution in [0.15, 0.2) is 53.1 Å². The number of carbonyl (C=O) groups excluding carboxylic acids is 2. The van der Waals surface area contributed by atoms with E-state index < -0.39 is 18.6 Å². The zero-order chi connectivity index (χ0) is 25.6. The van der Waals surface area contributed by atoms with Crippen molar-refractivity contribution < 1.29 is 32.0 Å². The van der Waals surface area contributed by atoms with Gasteiger partial charge in [0.2, 0.25) is 5.91 Å². The molecule has 35 heavy (non-hydrogen) atoms. The van der Waals surface area contributed by atoms with Crippen molar-refractivity contribution in [2.45, 2.75) is 39.6 Å². The predicted octanol–water partition coefficient (Wildman–Crippen LogP) is 4.36. The van der Waals surface area contributed by atoms with Crippen LogP contribution in [0.5, 0.6) is 5.75 Å². The number of carbonyl (C=O) groups is 2. The van der Waals surface area contributed by atoms with E-state index in [2.05, 4.69) is 5.16 Å². The van der Waals surface area contributed by atoms with Crippen LogP contribution in [-0.2, 0) is 24.4 Å². The Kier molecular flexibility index (Phi) is 8.16. The molecule has 1 aromatic heterocycles. The summed E-state index contributed by atoms with van der Waals surface area (Å²) in [6.07, 6.45) is -4.28. The molecule has 1 N–H and O–H groups in total. The molecule has 0 fully saturated rings. The highest BCUT2D eigenvalue weighted by atomic mass is 19.4. The maximum absolute atomic E-state index is 12.6. The van der Waals surface area contributed by atoms with Crippen LogP contribution < -0.4 is 10.1 Å². The predicted molar refractivity (Wildman–Crippen MR) is 122 cm³/mol. The molecule has 0 aliphatic heterocycles. The summed E-state index contributed by atoms with van der Waals surface area (Å²) in [5.41, 5.74) is 3.37. The third-order valence-corrected chi connectivity index (χ3v) is 5.35. The summed E-state index contributed by atoms with van der Waals surface area (Å²) in [6.45, 7) is 2.92. The summed E-state index contributed by atoms with van der Waals surface area (Å²) in [5.74, 6) is 0.458. The minimum atomic E-state index is -4.47. The first-order valence-corrected chi connectivity index (χ1v) is 10.8. The van der Waals surface area contributed by atoms with Crippen molar-refractivity contribution in [3.8, 4) is 5.75 Å². The van der Waals surface area contributed by atoms with Crippen LogP contribution in [0.25, 0.3) is 0 Å². The average Bonchev–Trinajstić information content (AvgIpc) is 3.14. The zero-order valence-corrected chi connectivity index (χ0v) is 19.6. The van der Waals surface area contributed by atoms with Gasteiger partial charge in [-0.1, -0.05) is 29.4 Å². The molecule has 0 saturated heterocycles.